The second-order valence-corrected chi connectivity index (χ2v) is 5.65. The van der Waals surface area contributed by atoms with Crippen LogP contribution in [0.1, 0.15) is 15.2 Å². The molecule has 0 aliphatic heterocycles. The van der Waals surface area contributed by atoms with Gasteiger partial charge < -0.3 is 5.32 Å². The Kier molecular flexibility index (Phi) is 4.66. The summed E-state index contributed by atoms with van der Waals surface area (Å²) in [6.07, 6.45) is 0.378. The van der Waals surface area contributed by atoms with Gasteiger partial charge in [0.25, 0.3) is 5.91 Å². The number of amides is 1. The molecule has 0 fully saturated rings. The number of nitrogens with one attached hydrogen (secondary N) is 1. The van der Waals surface area contributed by atoms with E-state index in [1.54, 1.807) is 11.4 Å². The second kappa shape index (κ2) is 6.25. The number of rotatable bonds is 4. The summed E-state index contributed by atoms with van der Waals surface area (Å²) >= 11 is 4.60. The van der Waals surface area contributed by atoms with Crippen LogP contribution in [-0.4, -0.2) is 12.5 Å². The highest BCUT2D eigenvalue weighted by atomic mass is 79.9. The normalized spacial score (nSPS) is 10.5. The molecule has 1 amide bonds. The number of carbonyl (C=O) groups excluding carboxylic acids is 1. The van der Waals surface area contributed by atoms with E-state index in [0.29, 0.717) is 23.4 Å². The minimum absolute atomic E-state index is 0.196. The van der Waals surface area contributed by atoms with E-state index in [2.05, 4.69) is 21.2 Å². The lowest BCUT2D eigenvalue weighted by Crippen LogP contribution is -2.25. The van der Waals surface area contributed by atoms with Crippen LogP contribution in [0.3, 0.4) is 0 Å². The Balaban J connectivity index is 1.90. The Labute approximate surface area is 121 Å². The van der Waals surface area contributed by atoms with E-state index in [0.717, 1.165) is 10.5 Å². The van der Waals surface area contributed by atoms with Crippen molar-refractivity contribution in [3.05, 3.63) is 56.2 Å². The third-order valence-corrected chi connectivity index (χ3v) is 4.28. The molecule has 0 radical (unpaired) electrons. The lowest BCUT2D eigenvalue weighted by atomic mass is 10.1. The van der Waals surface area contributed by atoms with E-state index >= 15 is 0 Å². The van der Waals surface area contributed by atoms with Gasteiger partial charge in [0.2, 0.25) is 0 Å². The van der Waals surface area contributed by atoms with Gasteiger partial charge in [-0.25, -0.2) is 8.78 Å². The van der Waals surface area contributed by atoms with Crippen molar-refractivity contribution in [2.45, 2.75) is 6.42 Å². The maximum atomic E-state index is 13.0. The molecule has 0 unspecified atom stereocenters. The Morgan fingerprint density at radius 3 is 2.53 bits per heavy atom. The molecule has 0 bridgehead atoms. The molecule has 2 rings (SSSR count). The number of thiophene rings is 1. The highest BCUT2D eigenvalue weighted by molar-refractivity contribution is 9.10. The Morgan fingerprint density at radius 1 is 1.26 bits per heavy atom. The first-order valence-electron chi connectivity index (χ1n) is 5.52. The van der Waals surface area contributed by atoms with Gasteiger partial charge in [-0.2, -0.15) is 0 Å². The minimum atomic E-state index is -0.609. The van der Waals surface area contributed by atoms with E-state index in [1.165, 1.54) is 23.5 Å². The smallest absolute Gasteiger partial charge is 0.262 e. The van der Waals surface area contributed by atoms with E-state index in [9.17, 15) is 13.6 Å². The fourth-order valence-electron chi connectivity index (χ4n) is 1.61. The van der Waals surface area contributed by atoms with Gasteiger partial charge in [0.05, 0.1) is 0 Å². The van der Waals surface area contributed by atoms with Gasteiger partial charge in [-0.1, -0.05) is 0 Å². The van der Waals surface area contributed by atoms with Gasteiger partial charge in [-0.3, -0.25) is 4.79 Å². The highest BCUT2D eigenvalue weighted by Crippen LogP contribution is 2.22. The zero-order valence-corrected chi connectivity index (χ0v) is 12.2. The van der Waals surface area contributed by atoms with E-state index < -0.39 is 11.6 Å². The largest absolute Gasteiger partial charge is 0.351 e. The third kappa shape index (κ3) is 3.84. The van der Waals surface area contributed by atoms with Crippen molar-refractivity contribution < 1.29 is 13.6 Å². The molecule has 0 aliphatic rings. The predicted molar refractivity (Wildman–Crippen MR) is 74.4 cm³/mol. The molecule has 100 valence electrons. The fraction of sp³-hybridized carbons (Fsp3) is 0.154. The first-order chi connectivity index (χ1) is 9.06. The molecule has 1 heterocycles. The summed E-state index contributed by atoms with van der Waals surface area (Å²) in [5, 5.41) is 4.52. The van der Waals surface area contributed by atoms with Crippen molar-refractivity contribution in [1.82, 2.24) is 5.32 Å². The van der Waals surface area contributed by atoms with Crippen molar-refractivity contribution in [1.29, 1.82) is 0 Å². The van der Waals surface area contributed by atoms with Crippen LogP contribution in [0.15, 0.2) is 34.1 Å². The second-order valence-electron chi connectivity index (χ2n) is 3.88. The molecule has 1 N–H and O–H groups in total. The predicted octanol–water partition coefficient (Wildman–Crippen LogP) is 3.76. The molecular formula is C13H10BrF2NOS. The molecule has 0 spiro atoms. The third-order valence-electron chi connectivity index (χ3n) is 2.44. The average molecular weight is 346 g/mol. The summed E-state index contributed by atoms with van der Waals surface area (Å²) < 4.78 is 26.7. The van der Waals surface area contributed by atoms with Crippen LogP contribution in [-0.2, 0) is 6.42 Å². The van der Waals surface area contributed by atoms with Crippen LogP contribution in [0.2, 0.25) is 0 Å². The maximum Gasteiger partial charge on any atom is 0.262 e. The molecule has 2 nitrogen and oxygen atoms in total. The van der Waals surface area contributed by atoms with Gasteiger partial charge >= 0.3 is 0 Å². The van der Waals surface area contributed by atoms with Crippen LogP contribution in [0, 0.1) is 11.6 Å². The topological polar surface area (TPSA) is 29.1 Å². The molecule has 6 heteroatoms. The van der Waals surface area contributed by atoms with Crippen molar-refractivity contribution in [2.24, 2.45) is 0 Å². The Bertz CT molecular complexity index is 580. The van der Waals surface area contributed by atoms with E-state index in [1.807, 2.05) is 0 Å². The van der Waals surface area contributed by atoms with Gasteiger partial charge in [0.15, 0.2) is 0 Å². The monoisotopic (exact) mass is 345 g/mol. The van der Waals surface area contributed by atoms with E-state index in [-0.39, 0.29) is 5.91 Å². The van der Waals surface area contributed by atoms with Crippen LogP contribution in [0.25, 0.3) is 0 Å². The molecule has 0 aliphatic carbocycles. The Morgan fingerprint density at radius 2 is 1.95 bits per heavy atom. The van der Waals surface area contributed by atoms with Gasteiger partial charge in [-0.15, -0.1) is 11.3 Å². The lowest BCUT2D eigenvalue weighted by Gasteiger charge is -2.05. The molecule has 1 aromatic heterocycles. The van der Waals surface area contributed by atoms with Gasteiger partial charge in [0, 0.05) is 17.1 Å². The first-order valence-corrected chi connectivity index (χ1v) is 7.19. The number of hydrogen-bond acceptors (Lipinski definition) is 2. The lowest BCUT2D eigenvalue weighted by molar-refractivity contribution is 0.0957. The highest BCUT2D eigenvalue weighted by Gasteiger charge is 2.10. The van der Waals surface area contributed by atoms with Crippen molar-refractivity contribution in [3.63, 3.8) is 0 Å². The van der Waals surface area contributed by atoms with Crippen LogP contribution >= 0.6 is 27.3 Å². The minimum Gasteiger partial charge on any atom is -0.351 e. The molecule has 0 saturated heterocycles. The number of hydrogen-bond donors (Lipinski definition) is 1. The molecule has 0 atom stereocenters. The van der Waals surface area contributed by atoms with Crippen molar-refractivity contribution >= 4 is 33.2 Å². The van der Waals surface area contributed by atoms with E-state index in [4.69, 9.17) is 0 Å². The number of benzene rings is 1. The Hall–Kier alpha value is -1.27. The molecule has 1 aromatic carbocycles. The summed E-state index contributed by atoms with van der Waals surface area (Å²) in [6, 6.07) is 5.14. The van der Waals surface area contributed by atoms with Crippen LogP contribution < -0.4 is 5.32 Å². The molecular weight excluding hydrogens is 336 g/mol. The quantitative estimate of drug-likeness (QED) is 0.897. The standard InChI is InChI=1S/C13H10BrF2NOS/c14-11-2-4-19-12(11)13(18)17-3-1-8-5-9(15)7-10(16)6-8/h2,4-7H,1,3H2,(H,17,18). The van der Waals surface area contributed by atoms with Gasteiger partial charge in [-0.05, 0) is 51.5 Å². The van der Waals surface area contributed by atoms with Crippen LogP contribution in [0.4, 0.5) is 8.78 Å². The van der Waals surface area contributed by atoms with Crippen LogP contribution in [0.5, 0.6) is 0 Å². The summed E-state index contributed by atoms with van der Waals surface area (Å²) in [4.78, 5) is 12.4. The van der Waals surface area contributed by atoms with Crippen molar-refractivity contribution in [2.75, 3.05) is 6.54 Å². The molecule has 19 heavy (non-hydrogen) atoms. The maximum absolute atomic E-state index is 13.0. The molecule has 2 aromatic rings. The summed E-state index contributed by atoms with van der Waals surface area (Å²) in [7, 11) is 0. The fourth-order valence-corrected chi connectivity index (χ4v) is 3.08. The van der Waals surface area contributed by atoms with Crippen molar-refractivity contribution in [3.8, 4) is 0 Å². The zero-order chi connectivity index (χ0) is 13.8. The first kappa shape index (κ1) is 14.1. The zero-order valence-electron chi connectivity index (χ0n) is 9.75. The number of halogens is 3. The summed E-state index contributed by atoms with van der Waals surface area (Å²) in [6.45, 7) is 0.325. The molecule has 0 saturated carbocycles. The average Bonchev–Trinajstić information content (AvgIpc) is 2.74. The summed E-state index contributed by atoms with van der Waals surface area (Å²) in [5.74, 6) is -1.41. The van der Waals surface area contributed by atoms with Gasteiger partial charge in [0.1, 0.15) is 16.5 Å². The summed E-state index contributed by atoms with van der Waals surface area (Å²) in [5.41, 5.74) is 0.517. The number of carbonyl (C=O) groups is 1. The SMILES string of the molecule is O=C(NCCc1cc(F)cc(F)c1)c1sccc1Br.